The molecule has 1 heterocycles. The molecule has 0 aliphatic carbocycles. The summed E-state index contributed by atoms with van der Waals surface area (Å²) in [7, 11) is 2.13. The number of amides is 1. The highest BCUT2D eigenvalue weighted by molar-refractivity contribution is 5.78. The van der Waals surface area contributed by atoms with Gasteiger partial charge in [-0.25, -0.2) is 0 Å². The fourth-order valence-electron chi connectivity index (χ4n) is 2.06. The standard InChI is InChI=1S/C11H23N3O/c1-4-12-7-11(15)13-10-5-6-14(3)8-9(10)2/h9-10,12H,4-8H2,1-3H3,(H,13,15). The summed E-state index contributed by atoms with van der Waals surface area (Å²) in [5.74, 6) is 0.674. The summed E-state index contributed by atoms with van der Waals surface area (Å²) in [5.41, 5.74) is 0. The molecule has 2 atom stereocenters. The van der Waals surface area contributed by atoms with E-state index in [-0.39, 0.29) is 5.91 Å². The number of likely N-dealkylation sites (tertiary alicyclic amines) is 1. The molecule has 88 valence electrons. The lowest BCUT2D eigenvalue weighted by atomic mass is 9.94. The maximum Gasteiger partial charge on any atom is 0.234 e. The Morgan fingerprint density at radius 3 is 2.87 bits per heavy atom. The minimum atomic E-state index is 0.123. The van der Waals surface area contributed by atoms with Crippen LogP contribution in [0.2, 0.25) is 0 Å². The number of nitrogens with one attached hydrogen (secondary N) is 2. The monoisotopic (exact) mass is 213 g/mol. The minimum Gasteiger partial charge on any atom is -0.352 e. The van der Waals surface area contributed by atoms with Gasteiger partial charge in [0, 0.05) is 12.6 Å². The van der Waals surface area contributed by atoms with Gasteiger partial charge in [-0.3, -0.25) is 4.79 Å². The predicted octanol–water partition coefficient (Wildman–Crippen LogP) is 0.0523. The molecule has 2 unspecified atom stereocenters. The molecule has 1 saturated heterocycles. The summed E-state index contributed by atoms with van der Waals surface area (Å²) in [6, 6.07) is 0.354. The van der Waals surface area contributed by atoms with Gasteiger partial charge in [0.05, 0.1) is 6.54 Å². The van der Waals surface area contributed by atoms with Crippen LogP contribution in [0.25, 0.3) is 0 Å². The van der Waals surface area contributed by atoms with Crippen LogP contribution in [0.15, 0.2) is 0 Å². The van der Waals surface area contributed by atoms with E-state index >= 15 is 0 Å². The number of carbonyl (C=O) groups excluding carboxylic acids is 1. The predicted molar refractivity (Wildman–Crippen MR) is 61.8 cm³/mol. The molecule has 4 heteroatoms. The smallest absolute Gasteiger partial charge is 0.234 e. The van der Waals surface area contributed by atoms with Crippen molar-refractivity contribution in [1.82, 2.24) is 15.5 Å². The van der Waals surface area contributed by atoms with Crippen LogP contribution in [0.3, 0.4) is 0 Å². The SMILES string of the molecule is CCNCC(=O)NC1CCN(C)CC1C. The molecule has 1 rings (SSSR count). The molecule has 0 aromatic carbocycles. The fraction of sp³-hybridized carbons (Fsp3) is 0.909. The first-order chi connectivity index (χ1) is 7.13. The van der Waals surface area contributed by atoms with Gasteiger partial charge in [0.2, 0.25) is 5.91 Å². The molecule has 0 radical (unpaired) electrons. The topological polar surface area (TPSA) is 44.4 Å². The lowest BCUT2D eigenvalue weighted by molar-refractivity contribution is -0.121. The number of likely N-dealkylation sites (N-methyl/N-ethyl adjacent to an activating group) is 1. The van der Waals surface area contributed by atoms with Crippen LogP contribution in [-0.2, 0) is 4.79 Å². The van der Waals surface area contributed by atoms with Crippen LogP contribution in [-0.4, -0.2) is 50.1 Å². The van der Waals surface area contributed by atoms with E-state index in [4.69, 9.17) is 0 Å². The summed E-state index contributed by atoms with van der Waals surface area (Å²) < 4.78 is 0. The maximum absolute atomic E-state index is 11.5. The van der Waals surface area contributed by atoms with Gasteiger partial charge in [-0.15, -0.1) is 0 Å². The molecule has 1 aliphatic rings. The van der Waals surface area contributed by atoms with Crippen molar-refractivity contribution in [3.8, 4) is 0 Å². The number of nitrogens with zero attached hydrogens (tertiary/aromatic N) is 1. The minimum absolute atomic E-state index is 0.123. The van der Waals surface area contributed by atoms with Crippen LogP contribution < -0.4 is 10.6 Å². The van der Waals surface area contributed by atoms with E-state index in [2.05, 4.69) is 29.5 Å². The molecular weight excluding hydrogens is 190 g/mol. The summed E-state index contributed by atoms with van der Waals surface area (Å²) in [6.45, 7) is 7.65. The van der Waals surface area contributed by atoms with E-state index in [1.165, 1.54) is 0 Å². The third-order valence-corrected chi connectivity index (χ3v) is 2.99. The van der Waals surface area contributed by atoms with Gasteiger partial charge in [0.1, 0.15) is 0 Å². The van der Waals surface area contributed by atoms with Gasteiger partial charge in [-0.2, -0.15) is 0 Å². The third kappa shape index (κ3) is 4.18. The first kappa shape index (κ1) is 12.5. The van der Waals surface area contributed by atoms with Crippen molar-refractivity contribution in [1.29, 1.82) is 0 Å². The first-order valence-electron chi connectivity index (χ1n) is 5.82. The average Bonchev–Trinajstić information content (AvgIpc) is 2.19. The average molecular weight is 213 g/mol. The van der Waals surface area contributed by atoms with Crippen molar-refractivity contribution in [2.24, 2.45) is 5.92 Å². The second kappa shape index (κ2) is 6.08. The zero-order valence-electron chi connectivity index (χ0n) is 10.0. The molecule has 0 bridgehead atoms. The highest BCUT2D eigenvalue weighted by Gasteiger charge is 2.24. The molecule has 2 N–H and O–H groups in total. The first-order valence-corrected chi connectivity index (χ1v) is 5.82. The molecule has 1 fully saturated rings. The van der Waals surface area contributed by atoms with Gasteiger partial charge in [0.15, 0.2) is 0 Å². The zero-order chi connectivity index (χ0) is 11.3. The quantitative estimate of drug-likeness (QED) is 0.694. The van der Waals surface area contributed by atoms with E-state index in [0.717, 1.165) is 26.1 Å². The van der Waals surface area contributed by atoms with Crippen LogP contribution >= 0.6 is 0 Å². The Bertz CT molecular complexity index is 208. The summed E-state index contributed by atoms with van der Waals surface area (Å²) in [6.07, 6.45) is 1.07. The van der Waals surface area contributed by atoms with Crippen LogP contribution in [0.5, 0.6) is 0 Å². The highest BCUT2D eigenvalue weighted by atomic mass is 16.1. The fourth-order valence-corrected chi connectivity index (χ4v) is 2.06. The molecule has 1 amide bonds. The molecule has 0 saturated carbocycles. The normalized spacial score (nSPS) is 27.7. The third-order valence-electron chi connectivity index (χ3n) is 2.99. The van der Waals surface area contributed by atoms with Crippen molar-refractivity contribution in [3.63, 3.8) is 0 Å². The van der Waals surface area contributed by atoms with Gasteiger partial charge >= 0.3 is 0 Å². The zero-order valence-corrected chi connectivity index (χ0v) is 10.0. The number of rotatable bonds is 4. The summed E-state index contributed by atoms with van der Waals surface area (Å²) >= 11 is 0. The van der Waals surface area contributed by atoms with Gasteiger partial charge < -0.3 is 15.5 Å². The van der Waals surface area contributed by atoms with Crippen LogP contribution in [0, 0.1) is 5.92 Å². The highest BCUT2D eigenvalue weighted by Crippen LogP contribution is 2.14. The lowest BCUT2D eigenvalue weighted by Crippen LogP contribution is -2.50. The van der Waals surface area contributed by atoms with Crippen molar-refractivity contribution >= 4 is 5.91 Å². The summed E-state index contributed by atoms with van der Waals surface area (Å²) in [4.78, 5) is 13.8. The number of carbonyl (C=O) groups is 1. The molecule has 1 aliphatic heterocycles. The Balaban J connectivity index is 2.28. The Kier molecular flexibility index (Phi) is 5.05. The molecule has 0 aromatic rings. The van der Waals surface area contributed by atoms with Crippen molar-refractivity contribution in [2.75, 3.05) is 33.2 Å². The maximum atomic E-state index is 11.5. The second-order valence-corrected chi connectivity index (χ2v) is 4.48. The largest absolute Gasteiger partial charge is 0.352 e. The van der Waals surface area contributed by atoms with Gasteiger partial charge in [0.25, 0.3) is 0 Å². The van der Waals surface area contributed by atoms with Crippen molar-refractivity contribution in [2.45, 2.75) is 26.3 Å². The van der Waals surface area contributed by atoms with E-state index in [0.29, 0.717) is 18.5 Å². The van der Waals surface area contributed by atoms with E-state index in [9.17, 15) is 4.79 Å². The lowest BCUT2D eigenvalue weighted by Gasteiger charge is -2.35. The molecule has 0 spiro atoms. The Hall–Kier alpha value is -0.610. The van der Waals surface area contributed by atoms with Crippen molar-refractivity contribution in [3.05, 3.63) is 0 Å². The van der Waals surface area contributed by atoms with Crippen molar-refractivity contribution < 1.29 is 4.79 Å². The van der Waals surface area contributed by atoms with Gasteiger partial charge in [-0.1, -0.05) is 13.8 Å². The summed E-state index contributed by atoms with van der Waals surface area (Å²) in [5, 5.41) is 6.13. The molecule has 0 aromatic heterocycles. The van der Waals surface area contributed by atoms with E-state index in [1.807, 2.05) is 6.92 Å². The van der Waals surface area contributed by atoms with Crippen LogP contribution in [0.1, 0.15) is 20.3 Å². The van der Waals surface area contributed by atoms with Crippen LogP contribution in [0.4, 0.5) is 0 Å². The number of hydrogen-bond acceptors (Lipinski definition) is 3. The molecule has 15 heavy (non-hydrogen) atoms. The molecular formula is C11H23N3O. The Morgan fingerprint density at radius 2 is 2.27 bits per heavy atom. The number of hydrogen-bond donors (Lipinski definition) is 2. The Labute approximate surface area is 92.4 Å². The number of piperidine rings is 1. The van der Waals surface area contributed by atoms with E-state index in [1.54, 1.807) is 0 Å². The molecule has 4 nitrogen and oxygen atoms in total. The van der Waals surface area contributed by atoms with Gasteiger partial charge in [-0.05, 0) is 32.5 Å². The second-order valence-electron chi connectivity index (χ2n) is 4.48. The van der Waals surface area contributed by atoms with E-state index < -0.39 is 0 Å². The Morgan fingerprint density at radius 1 is 1.53 bits per heavy atom.